The van der Waals surface area contributed by atoms with Crippen molar-refractivity contribution in [1.29, 1.82) is 0 Å². The summed E-state index contributed by atoms with van der Waals surface area (Å²) in [6, 6.07) is -0.371. The van der Waals surface area contributed by atoms with Crippen LogP contribution in [0.2, 0.25) is 0 Å². The lowest BCUT2D eigenvalue weighted by atomic mass is 9.91. The van der Waals surface area contributed by atoms with Gasteiger partial charge in [-0.25, -0.2) is 9.78 Å². The summed E-state index contributed by atoms with van der Waals surface area (Å²) in [6.07, 6.45) is 0.627. The van der Waals surface area contributed by atoms with Gasteiger partial charge in [0, 0.05) is 18.5 Å². The number of amides is 2. The highest BCUT2D eigenvalue weighted by atomic mass is 32.1. The van der Waals surface area contributed by atoms with Gasteiger partial charge in [0.25, 0.3) is 0 Å². The molecule has 1 fully saturated rings. The Bertz CT molecular complexity index is 618. The first-order valence-electron chi connectivity index (χ1n) is 7.77. The van der Waals surface area contributed by atoms with E-state index in [1.54, 1.807) is 12.3 Å². The standard InChI is InChI=1S/C15H21N3O5S/c1-3-23-12(19)5-11-8-24-14(16-11)17-15(22)18-6-9(2)4-10(7-18)13(20)21/h8-10H,3-7H2,1-2H3,(H,20,21)(H,16,17,22). The molecule has 8 nitrogen and oxygen atoms in total. The number of carboxylic acid groups (broad SMARTS) is 1. The summed E-state index contributed by atoms with van der Waals surface area (Å²) in [5.41, 5.74) is 0.532. The van der Waals surface area contributed by atoms with Crippen molar-refractivity contribution in [3.8, 4) is 0 Å². The first-order chi connectivity index (χ1) is 11.4. The number of urea groups is 1. The maximum atomic E-state index is 12.3. The maximum Gasteiger partial charge on any atom is 0.323 e. The predicted molar refractivity (Wildman–Crippen MR) is 87.9 cm³/mol. The Balaban J connectivity index is 1.93. The number of carbonyl (C=O) groups is 3. The van der Waals surface area contributed by atoms with Gasteiger partial charge in [-0.05, 0) is 19.3 Å². The van der Waals surface area contributed by atoms with Crippen molar-refractivity contribution < 1.29 is 24.2 Å². The SMILES string of the molecule is CCOC(=O)Cc1csc(NC(=O)N2CC(C)CC(C(=O)O)C2)n1. The number of piperidine rings is 1. The number of aromatic nitrogens is 1. The first kappa shape index (κ1) is 18.2. The molecule has 24 heavy (non-hydrogen) atoms. The van der Waals surface area contributed by atoms with E-state index in [-0.39, 0.29) is 30.9 Å². The Kier molecular flexibility index (Phi) is 6.13. The number of likely N-dealkylation sites (tertiary alicyclic amines) is 1. The Morgan fingerprint density at radius 2 is 2.21 bits per heavy atom. The molecule has 9 heteroatoms. The molecule has 2 heterocycles. The molecule has 0 aromatic carbocycles. The number of nitrogens with zero attached hydrogens (tertiary/aromatic N) is 2. The van der Waals surface area contributed by atoms with Gasteiger partial charge in [0.05, 0.1) is 24.6 Å². The molecule has 2 N–H and O–H groups in total. The molecule has 1 aliphatic rings. The van der Waals surface area contributed by atoms with E-state index in [1.807, 2.05) is 6.92 Å². The second-order valence-corrected chi connectivity index (χ2v) is 6.70. The number of aliphatic carboxylic acids is 1. The van der Waals surface area contributed by atoms with Gasteiger partial charge >= 0.3 is 18.0 Å². The summed E-state index contributed by atoms with van der Waals surface area (Å²) >= 11 is 1.22. The van der Waals surface area contributed by atoms with Crippen molar-refractivity contribution in [2.45, 2.75) is 26.7 Å². The minimum Gasteiger partial charge on any atom is -0.481 e. The van der Waals surface area contributed by atoms with Crippen molar-refractivity contribution >= 4 is 34.4 Å². The molecule has 2 atom stereocenters. The van der Waals surface area contributed by atoms with Crippen LogP contribution in [0.1, 0.15) is 26.0 Å². The molecule has 1 aromatic rings. The van der Waals surface area contributed by atoms with E-state index in [9.17, 15) is 14.4 Å². The highest BCUT2D eigenvalue weighted by Gasteiger charge is 2.32. The molecule has 1 aromatic heterocycles. The highest BCUT2D eigenvalue weighted by Crippen LogP contribution is 2.23. The van der Waals surface area contributed by atoms with Crippen LogP contribution in [0.3, 0.4) is 0 Å². The molecule has 2 rings (SSSR count). The van der Waals surface area contributed by atoms with Crippen molar-refractivity contribution in [2.24, 2.45) is 11.8 Å². The van der Waals surface area contributed by atoms with Gasteiger partial charge in [0.15, 0.2) is 5.13 Å². The normalized spacial score (nSPS) is 20.5. The number of anilines is 1. The second-order valence-electron chi connectivity index (χ2n) is 5.84. The van der Waals surface area contributed by atoms with Gasteiger partial charge in [0.1, 0.15) is 0 Å². The summed E-state index contributed by atoms with van der Waals surface area (Å²) in [5, 5.41) is 13.9. The molecule has 0 saturated carbocycles. The average Bonchev–Trinajstić information content (AvgIpc) is 2.93. The van der Waals surface area contributed by atoms with Crippen LogP contribution >= 0.6 is 11.3 Å². The Morgan fingerprint density at radius 3 is 2.88 bits per heavy atom. The van der Waals surface area contributed by atoms with Crippen molar-refractivity contribution in [2.75, 3.05) is 25.0 Å². The lowest BCUT2D eigenvalue weighted by Crippen LogP contribution is -2.47. The Hall–Kier alpha value is -2.16. The number of hydrogen-bond donors (Lipinski definition) is 2. The second kappa shape index (κ2) is 8.09. The number of hydrogen-bond acceptors (Lipinski definition) is 6. The molecule has 1 saturated heterocycles. The fourth-order valence-corrected chi connectivity index (χ4v) is 3.37. The van der Waals surface area contributed by atoms with Gasteiger partial charge in [-0.2, -0.15) is 0 Å². The van der Waals surface area contributed by atoms with Gasteiger partial charge < -0.3 is 14.7 Å². The van der Waals surface area contributed by atoms with Crippen LogP contribution in [0, 0.1) is 11.8 Å². The number of carboxylic acids is 1. The van der Waals surface area contributed by atoms with E-state index < -0.39 is 11.9 Å². The third kappa shape index (κ3) is 4.92. The largest absolute Gasteiger partial charge is 0.481 e. The summed E-state index contributed by atoms with van der Waals surface area (Å²) in [4.78, 5) is 40.6. The minimum absolute atomic E-state index is 0.0576. The number of nitrogens with one attached hydrogen (secondary N) is 1. The summed E-state index contributed by atoms with van der Waals surface area (Å²) in [6.45, 7) is 4.67. The number of thiazole rings is 1. The Morgan fingerprint density at radius 1 is 1.46 bits per heavy atom. The van der Waals surface area contributed by atoms with E-state index in [1.165, 1.54) is 16.2 Å². The average molecular weight is 355 g/mol. The lowest BCUT2D eigenvalue weighted by Gasteiger charge is -2.34. The van der Waals surface area contributed by atoms with Crippen LogP contribution in [0.4, 0.5) is 9.93 Å². The first-order valence-corrected chi connectivity index (χ1v) is 8.65. The number of carbonyl (C=O) groups excluding carboxylic acids is 2. The maximum absolute atomic E-state index is 12.3. The molecule has 0 radical (unpaired) electrons. The van der Waals surface area contributed by atoms with Crippen LogP contribution in [0.5, 0.6) is 0 Å². The highest BCUT2D eigenvalue weighted by molar-refractivity contribution is 7.13. The summed E-state index contributed by atoms with van der Waals surface area (Å²) in [7, 11) is 0. The smallest absolute Gasteiger partial charge is 0.323 e. The van der Waals surface area contributed by atoms with Crippen molar-refractivity contribution in [3.05, 3.63) is 11.1 Å². The lowest BCUT2D eigenvalue weighted by molar-refractivity contribution is -0.144. The topological polar surface area (TPSA) is 109 Å². The minimum atomic E-state index is -0.884. The zero-order valence-corrected chi connectivity index (χ0v) is 14.5. The molecule has 0 bridgehead atoms. The molecule has 2 unspecified atom stereocenters. The van der Waals surface area contributed by atoms with Crippen LogP contribution in [-0.4, -0.2) is 52.7 Å². The molecular weight excluding hydrogens is 334 g/mol. The van der Waals surface area contributed by atoms with Gasteiger partial charge in [0.2, 0.25) is 0 Å². The van der Waals surface area contributed by atoms with E-state index in [2.05, 4.69) is 10.3 Å². The summed E-state index contributed by atoms with van der Waals surface area (Å²) in [5.74, 6) is -1.67. The third-order valence-corrected chi connectivity index (χ3v) is 4.50. The van der Waals surface area contributed by atoms with Gasteiger partial charge in [-0.15, -0.1) is 11.3 Å². The van der Waals surface area contributed by atoms with Crippen LogP contribution < -0.4 is 5.32 Å². The summed E-state index contributed by atoms with van der Waals surface area (Å²) < 4.78 is 4.85. The van der Waals surface area contributed by atoms with E-state index in [0.717, 1.165) is 0 Å². The molecule has 132 valence electrons. The van der Waals surface area contributed by atoms with Crippen LogP contribution in [0.15, 0.2) is 5.38 Å². The van der Waals surface area contributed by atoms with Gasteiger partial charge in [-0.3, -0.25) is 14.9 Å². The third-order valence-electron chi connectivity index (χ3n) is 3.69. The van der Waals surface area contributed by atoms with Crippen molar-refractivity contribution in [3.63, 3.8) is 0 Å². The van der Waals surface area contributed by atoms with Gasteiger partial charge in [-0.1, -0.05) is 6.92 Å². The van der Waals surface area contributed by atoms with E-state index in [0.29, 0.717) is 30.4 Å². The van der Waals surface area contributed by atoms with Crippen molar-refractivity contribution in [1.82, 2.24) is 9.88 Å². The number of ether oxygens (including phenoxy) is 1. The predicted octanol–water partition coefficient (Wildman–Crippen LogP) is 1.82. The molecular formula is C15H21N3O5S. The molecule has 0 spiro atoms. The fourth-order valence-electron chi connectivity index (χ4n) is 2.67. The number of rotatable bonds is 5. The van der Waals surface area contributed by atoms with Crippen LogP contribution in [-0.2, 0) is 20.7 Å². The molecule has 0 aliphatic carbocycles. The quantitative estimate of drug-likeness (QED) is 0.780. The van der Waals surface area contributed by atoms with E-state index in [4.69, 9.17) is 9.84 Å². The molecule has 1 aliphatic heterocycles. The monoisotopic (exact) mass is 355 g/mol. The van der Waals surface area contributed by atoms with E-state index >= 15 is 0 Å². The zero-order chi connectivity index (χ0) is 17.7. The molecule has 2 amide bonds. The van der Waals surface area contributed by atoms with Crippen LogP contribution in [0.25, 0.3) is 0 Å². The number of esters is 1. The zero-order valence-electron chi connectivity index (χ0n) is 13.7. The Labute approximate surface area is 143 Å². The fraction of sp³-hybridized carbons (Fsp3) is 0.600.